The van der Waals surface area contributed by atoms with Crippen LogP contribution in [0, 0.1) is 11.6 Å². The summed E-state index contributed by atoms with van der Waals surface area (Å²) in [6, 6.07) is 2.51. The van der Waals surface area contributed by atoms with Crippen LogP contribution in [-0.4, -0.2) is 27.4 Å². The molecule has 0 aliphatic carbocycles. The van der Waals surface area contributed by atoms with Gasteiger partial charge in [-0.2, -0.15) is 0 Å². The second kappa shape index (κ2) is 5.36. The SMILES string of the molecule is CCOCCS(=O)(=O)c1ccc(F)c(F)c1. The fourth-order valence-corrected chi connectivity index (χ4v) is 2.23. The number of hydrogen-bond acceptors (Lipinski definition) is 3. The van der Waals surface area contributed by atoms with Gasteiger partial charge in [0.1, 0.15) is 0 Å². The maximum Gasteiger partial charge on any atom is 0.180 e. The second-order valence-electron chi connectivity index (χ2n) is 3.09. The van der Waals surface area contributed by atoms with Crippen molar-refractivity contribution in [1.82, 2.24) is 0 Å². The third kappa shape index (κ3) is 3.24. The predicted molar refractivity (Wildman–Crippen MR) is 54.9 cm³/mol. The number of halogens is 2. The fourth-order valence-electron chi connectivity index (χ4n) is 1.10. The van der Waals surface area contributed by atoms with Crippen molar-refractivity contribution in [2.45, 2.75) is 11.8 Å². The van der Waals surface area contributed by atoms with Crippen LogP contribution in [0.15, 0.2) is 23.1 Å². The molecule has 0 bridgehead atoms. The fraction of sp³-hybridized carbons (Fsp3) is 0.400. The zero-order valence-electron chi connectivity index (χ0n) is 8.74. The zero-order valence-corrected chi connectivity index (χ0v) is 9.56. The number of ether oxygens (including phenoxy) is 1. The van der Waals surface area contributed by atoms with E-state index in [1.54, 1.807) is 6.92 Å². The molecule has 0 fully saturated rings. The lowest BCUT2D eigenvalue weighted by Gasteiger charge is -2.04. The second-order valence-corrected chi connectivity index (χ2v) is 5.20. The highest BCUT2D eigenvalue weighted by atomic mass is 32.2. The van der Waals surface area contributed by atoms with Crippen LogP contribution in [0.5, 0.6) is 0 Å². The van der Waals surface area contributed by atoms with Crippen molar-refractivity contribution >= 4 is 9.84 Å². The van der Waals surface area contributed by atoms with Crippen molar-refractivity contribution in [1.29, 1.82) is 0 Å². The molecule has 0 radical (unpaired) electrons. The number of benzene rings is 1. The third-order valence-corrected chi connectivity index (χ3v) is 3.63. The summed E-state index contributed by atoms with van der Waals surface area (Å²) < 4.78 is 53.5. The molecule has 0 aromatic heterocycles. The van der Waals surface area contributed by atoms with Gasteiger partial charge in [0, 0.05) is 6.61 Å². The first-order chi connectivity index (χ1) is 7.47. The first-order valence-corrected chi connectivity index (χ1v) is 6.38. The molecule has 0 N–H and O–H groups in total. The Hall–Kier alpha value is -1.01. The van der Waals surface area contributed by atoms with Crippen molar-refractivity contribution in [2.75, 3.05) is 19.0 Å². The van der Waals surface area contributed by atoms with E-state index >= 15 is 0 Å². The highest BCUT2D eigenvalue weighted by molar-refractivity contribution is 7.91. The van der Waals surface area contributed by atoms with Gasteiger partial charge in [-0.05, 0) is 25.1 Å². The molecule has 90 valence electrons. The standard InChI is InChI=1S/C10H12F2O3S/c1-2-15-5-6-16(13,14)8-3-4-9(11)10(12)7-8/h3-4,7H,2,5-6H2,1H3. The van der Waals surface area contributed by atoms with Gasteiger partial charge in [-0.25, -0.2) is 17.2 Å². The number of hydrogen-bond donors (Lipinski definition) is 0. The number of rotatable bonds is 5. The normalized spacial score (nSPS) is 11.7. The lowest BCUT2D eigenvalue weighted by Crippen LogP contribution is -2.12. The molecule has 0 aliphatic heterocycles. The summed E-state index contributed by atoms with van der Waals surface area (Å²) in [5, 5.41) is 0. The lowest BCUT2D eigenvalue weighted by atomic mass is 10.3. The lowest BCUT2D eigenvalue weighted by molar-refractivity contribution is 0.163. The van der Waals surface area contributed by atoms with Crippen molar-refractivity contribution in [3.05, 3.63) is 29.8 Å². The number of sulfone groups is 1. The average molecular weight is 250 g/mol. The van der Waals surface area contributed by atoms with Crippen molar-refractivity contribution in [3.63, 3.8) is 0 Å². The van der Waals surface area contributed by atoms with Gasteiger partial charge in [-0.15, -0.1) is 0 Å². The largest absolute Gasteiger partial charge is 0.381 e. The van der Waals surface area contributed by atoms with Gasteiger partial charge in [-0.3, -0.25) is 0 Å². The van der Waals surface area contributed by atoms with Crippen LogP contribution in [0.4, 0.5) is 8.78 Å². The maximum atomic E-state index is 12.8. The van der Waals surface area contributed by atoms with Gasteiger partial charge in [-0.1, -0.05) is 0 Å². The van der Waals surface area contributed by atoms with E-state index in [2.05, 4.69) is 0 Å². The monoisotopic (exact) mass is 250 g/mol. The van der Waals surface area contributed by atoms with E-state index in [4.69, 9.17) is 4.74 Å². The molecule has 0 heterocycles. The van der Waals surface area contributed by atoms with Crippen LogP contribution in [0.3, 0.4) is 0 Å². The van der Waals surface area contributed by atoms with Gasteiger partial charge >= 0.3 is 0 Å². The summed E-state index contributed by atoms with van der Waals surface area (Å²) in [5.41, 5.74) is 0. The molecule has 1 aromatic carbocycles. The van der Waals surface area contributed by atoms with Crippen LogP contribution in [0.25, 0.3) is 0 Å². The average Bonchev–Trinajstić information content (AvgIpc) is 2.22. The topological polar surface area (TPSA) is 43.4 Å². The van der Waals surface area contributed by atoms with E-state index in [0.29, 0.717) is 12.7 Å². The Morgan fingerprint density at radius 1 is 1.25 bits per heavy atom. The minimum absolute atomic E-state index is 0.0395. The van der Waals surface area contributed by atoms with E-state index < -0.39 is 21.5 Å². The van der Waals surface area contributed by atoms with Crippen molar-refractivity contribution < 1.29 is 21.9 Å². The van der Waals surface area contributed by atoms with Crippen LogP contribution < -0.4 is 0 Å². The molecule has 1 aromatic rings. The Balaban J connectivity index is 2.86. The Morgan fingerprint density at radius 2 is 1.94 bits per heavy atom. The predicted octanol–water partition coefficient (Wildman–Crippen LogP) is 1.78. The molecule has 0 amide bonds. The summed E-state index contributed by atoms with van der Waals surface area (Å²) in [4.78, 5) is -0.230. The van der Waals surface area contributed by atoms with E-state index in [1.165, 1.54) is 0 Å². The molecule has 0 atom stereocenters. The molecule has 0 spiro atoms. The van der Waals surface area contributed by atoms with Gasteiger partial charge < -0.3 is 4.74 Å². The molecule has 0 saturated heterocycles. The first-order valence-electron chi connectivity index (χ1n) is 4.73. The molecule has 0 saturated carbocycles. The molecule has 6 heteroatoms. The van der Waals surface area contributed by atoms with E-state index in [1.807, 2.05) is 0 Å². The molecule has 16 heavy (non-hydrogen) atoms. The molecular weight excluding hydrogens is 238 g/mol. The van der Waals surface area contributed by atoms with E-state index in [0.717, 1.165) is 12.1 Å². The summed E-state index contributed by atoms with van der Waals surface area (Å²) >= 11 is 0. The van der Waals surface area contributed by atoms with Crippen LogP contribution in [-0.2, 0) is 14.6 Å². The minimum Gasteiger partial charge on any atom is -0.381 e. The quantitative estimate of drug-likeness (QED) is 0.591. The van der Waals surface area contributed by atoms with Gasteiger partial charge in [0.15, 0.2) is 21.5 Å². The highest BCUT2D eigenvalue weighted by Gasteiger charge is 2.16. The van der Waals surface area contributed by atoms with Crippen LogP contribution in [0.2, 0.25) is 0 Å². The maximum absolute atomic E-state index is 12.8. The Kier molecular flexibility index (Phi) is 4.37. The van der Waals surface area contributed by atoms with Gasteiger partial charge in [0.25, 0.3) is 0 Å². The Bertz CT molecular complexity index is 457. The summed E-state index contributed by atoms with van der Waals surface area (Å²) in [7, 11) is -3.60. The smallest absolute Gasteiger partial charge is 0.180 e. The minimum atomic E-state index is -3.60. The molecular formula is C10H12F2O3S. The first kappa shape index (κ1) is 13.1. The molecule has 1 rings (SSSR count). The van der Waals surface area contributed by atoms with Gasteiger partial charge in [0.2, 0.25) is 0 Å². The molecule has 3 nitrogen and oxygen atoms in total. The summed E-state index contributed by atoms with van der Waals surface area (Å²) in [5.74, 6) is -2.48. The van der Waals surface area contributed by atoms with Crippen molar-refractivity contribution in [3.8, 4) is 0 Å². The van der Waals surface area contributed by atoms with Crippen LogP contribution in [0.1, 0.15) is 6.92 Å². The molecule has 0 unspecified atom stereocenters. The summed E-state index contributed by atoms with van der Waals surface area (Å²) in [6.45, 7) is 2.19. The Morgan fingerprint density at radius 3 is 2.50 bits per heavy atom. The van der Waals surface area contributed by atoms with E-state index in [9.17, 15) is 17.2 Å². The van der Waals surface area contributed by atoms with Crippen molar-refractivity contribution in [2.24, 2.45) is 0 Å². The van der Waals surface area contributed by atoms with Crippen LogP contribution >= 0.6 is 0 Å². The van der Waals surface area contributed by atoms with E-state index in [-0.39, 0.29) is 17.3 Å². The molecule has 0 aliphatic rings. The third-order valence-electron chi connectivity index (χ3n) is 1.95. The van der Waals surface area contributed by atoms with Gasteiger partial charge in [0.05, 0.1) is 17.3 Å². The highest BCUT2D eigenvalue weighted by Crippen LogP contribution is 2.15. The zero-order chi connectivity index (χ0) is 12.2. The Labute approximate surface area is 93.0 Å². The summed E-state index contributed by atoms with van der Waals surface area (Å²) in [6.07, 6.45) is 0.